The van der Waals surface area contributed by atoms with Crippen LogP contribution in [-0.4, -0.2) is 75.6 Å². The molecule has 1 saturated heterocycles. The highest BCUT2D eigenvalue weighted by Crippen LogP contribution is 2.39. The Labute approximate surface area is 253 Å². The Kier molecular flexibility index (Phi) is 7.16. The van der Waals surface area contributed by atoms with E-state index in [0.717, 1.165) is 4.90 Å². The Bertz CT molecular complexity index is 1650. The van der Waals surface area contributed by atoms with E-state index in [9.17, 15) is 24.0 Å². The number of rotatable bonds is 8. The number of imidazole rings is 1. The summed E-state index contributed by atoms with van der Waals surface area (Å²) in [5, 5.41) is 0.306. The van der Waals surface area contributed by atoms with Gasteiger partial charge >= 0.3 is 17.9 Å². The number of fused-ring (bicyclic) bond motifs is 2. The van der Waals surface area contributed by atoms with Crippen LogP contribution in [0.25, 0.3) is 11.0 Å². The number of halogens is 2. The average Bonchev–Trinajstić information content (AvgIpc) is 3.63. The zero-order valence-corrected chi connectivity index (χ0v) is 23.3. The lowest BCUT2D eigenvalue weighted by atomic mass is 10.1. The Morgan fingerprint density at radius 1 is 0.952 bits per heavy atom. The first-order valence-electron chi connectivity index (χ1n) is 14.6. The van der Waals surface area contributed by atoms with Gasteiger partial charge in [0.1, 0.15) is 18.5 Å². The van der Waals surface area contributed by atoms with Gasteiger partial charge < -0.3 is 18.9 Å². The summed E-state index contributed by atoms with van der Waals surface area (Å²) in [5.74, 6) is -3.63. The van der Waals surface area contributed by atoms with Crippen molar-refractivity contribution in [1.82, 2.24) is 14.5 Å². The third kappa shape index (κ3) is 5.57. The lowest BCUT2D eigenvalue weighted by Gasteiger charge is -2.25. The SMILES string of the molecule is [2H]CC(=O)OC[C@H]1OC(n2c(CCN3C(=O)c4ccccc4C3=O)nc3cc(Cl)c(Cl)cc32)[C@H](OC(=O)C[2H])[C@@H]1OC(=O)C[2H]. The molecule has 2 aliphatic heterocycles. The van der Waals surface area contributed by atoms with Gasteiger partial charge in [-0.05, 0) is 24.3 Å². The molecular formula is C28H25Cl2N3O9. The maximum absolute atomic E-state index is 13.0. The maximum Gasteiger partial charge on any atom is 0.303 e. The molecule has 14 heteroatoms. The van der Waals surface area contributed by atoms with E-state index in [-0.39, 0.29) is 40.0 Å². The molecule has 3 heterocycles. The third-order valence-electron chi connectivity index (χ3n) is 6.73. The van der Waals surface area contributed by atoms with Crippen molar-refractivity contribution in [3.8, 4) is 0 Å². The van der Waals surface area contributed by atoms with Gasteiger partial charge in [-0.3, -0.25) is 33.4 Å². The summed E-state index contributed by atoms with van der Waals surface area (Å²) in [4.78, 5) is 68.3. The molecule has 3 aromatic rings. The summed E-state index contributed by atoms with van der Waals surface area (Å²) in [6, 6.07) is 9.36. The molecule has 5 rings (SSSR count). The second-order valence-corrected chi connectivity index (χ2v) is 10.2. The van der Waals surface area contributed by atoms with Crippen molar-refractivity contribution in [3.05, 3.63) is 63.4 Å². The molecule has 0 saturated carbocycles. The van der Waals surface area contributed by atoms with Crippen LogP contribution in [0.15, 0.2) is 36.4 Å². The summed E-state index contributed by atoms with van der Waals surface area (Å²) in [5.41, 5.74) is 1.17. The Morgan fingerprint density at radius 2 is 1.57 bits per heavy atom. The second-order valence-electron chi connectivity index (χ2n) is 9.37. The third-order valence-corrected chi connectivity index (χ3v) is 7.45. The molecule has 1 fully saturated rings. The number of amides is 2. The molecule has 2 aliphatic rings. The number of hydrogen-bond acceptors (Lipinski definition) is 10. The normalized spacial score (nSPS) is 22.4. The summed E-state index contributed by atoms with van der Waals surface area (Å²) < 4.78 is 45.8. The molecule has 220 valence electrons. The van der Waals surface area contributed by atoms with Gasteiger partial charge in [0, 0.05) is 37.8 Å². The van der Waals surface area contributed by atoms with Gasteiger partial charge in [0.15, 0.2) is 18.4 Å². The van der Waals surface area contributed by atoms with Gasteiger partial charge in [0.2, 0.25) is 0 Å². The zero-order valence-electron chi connectivity index (χ0n) is 24.8. The minimum atomic E-state index is -1.44. The number of carbonyl (C=O) groups is 5. The van der Waals surface area contributed by atoms with Crippen LogP contribution in [0.4, 0.5) is 0 Å². The fraction of sp³-hybridized carbons (Fsp3) is 0.357. The minimum absolute atomic E-state index is 0.0238. The lowest BCUT2D eigenvalue weighted by Crippen LogP contribution is -2.40. The van der Waals surface area contributed by atoms with Crippen molar-refractivity contribution >= 4 is 64.0 Å². The first-order valence-corrected chi connectivity index (χ1v) is 13.2. The lowest BCUT2D eigenvalue weighted by molar-refractivity contribution is -0.166. The van der Waals surface area contributed by atoms with Gasteiger partial charge in [-0.15, -0.1) is 0 Å². The van der Waals surface area contributed by atoms with E-state index in [1.54, 1.807) is 24.3 Å². The molecule has 2 aromatic carbocycles. The molecule has 1 aromatic heterocycles. The largest absolute Gasteiger partial charge is 0.463 e. The van der Waals surface area contributed by atoms with Gasteiger partial charge in [-0.25, -0.2) is 4.98 Å². The van der Waals surface area contributed by atoms with Crippen LogP contribution in [0, 0.1) is 0 Å². The Morgan fingerprint density at radius 3 is 2.21 bits per heavy atom. The highest BCUT2D eigenvalue weighted by atomic mass is 35.5. The van der Waals surface area contributed by atoms with Gasteiger partial charge in [0.25, 0.3) is 11.8 Å². The van der Waals surface area contributed by atoms with Crippen molar-refractivity contribution in [2.24, 2.45) is 0 Å². The summed E-state index contributed by atoms with van der Waals surface area (Å²) in [7, 11) is 0. The number of aromatic nitrogens is 2. The van der Waals surface area contributed by atoms with Crippen LogP contribution in [-0.2, 0) is 39.8 Å². The summed E-state index contributed by atoms with van der Waals surface area (Å²) in [6.07, 6.45) is -5.45. The van der Waals surface area contributed by atoms with Crippen LogP contribution in [0.2, 0.25) is 10.0 Å². The molecule has 12 nitrogen and oxygen atoms in total. The molecule has 2 amide bonds. The van der Waals surface area contributed by atoms with Crippen LogP contribution < -0.4 is 0 Å². The van der Waals surface area contributed by atoms with Gasteiger partial charge in [-0.2, -0.15) is 0 Å². The number of imide groups is 1. The first-order chi connectivity index (χ1) is 21.6. The van der Waals surface area contributed by atoms with Crippen molar-refractivity contribution in [2.45, 2.75) is 51.7 Å². The molecule has 42 heavy (non-hydrogen) atoms. The molecule has 0 radical (unpaired) electrons. The van der Waals surface area contributed by atoms with Crippen LogP contribution in [0.3, 0.4) is 0 Å². The molecule has 1 unspecified atom stereocenters. The van der Waals surface area contributed by atoms with E-state index in [0.29, 0.717) is 11.0 Å². The van der Waals surface area contributed by atoms with Crippen molar-refractivity contribution in [1.29, 1.82) is 0 Å². The molecule has 0 N–H and O–H groups in total. The van der Waals surface area contributed by atoms with Crippen molar-refractivity contribution in [3.63, 3.8) is 0 Å². The summed E-state index contributed by atoms with van der Waals surface area (Å²) >= 11 is 12.6. The first kappa shape index (κ1) is 25.7. The molecular weight excluding hydrogens is 593 g/mol. The van der Waals surface area contributed by atoms with E-state index in [1.807, 2.05) is 0 Å². The van der Waals surface area contributed by atoms with E-state index in [1.165, 1.54) is 16.7 Å². The number of ether oxygens (including phenoxy) is 4. The van der Waals surface area contributed by atoms with E-state index in [4.69, 9.17) is 46.3 Å². The van der Waals surface area contributed by atoms with Crippen LogP contribution in [0.1, 0.15) is 57.6 Å². The average molecular weight is 621 g/mol. The van der Waals surface area contributed by atoms with Crippen LogP contribution >= 0.6 is 23.2 Å². The summed E-state index contributed by atoms with van der Waals surface area (Å²) in [6.45, 7) is -2.89. The Balaban J connectivity index is 1.57. The standard InChI is InChI=1S/C28H25Cl2N3O9/c1-13(34)39-12-22-24(40-14(2)35)25(41-15(3)36)28(42-22)33-21-11-19(30)18(29)10-20(21)31-23(33)8-9-32-26(37)16-6-4-5-7-17(16)27(32)38/h4-7,10-11,22,24-25,28H,8-9,12H2,1-3H3/t22-,24-,25-,28?/m1/s1/i1D,2D,3D. The van der Waals surface area contributed by atoms with Crippen molar-refractivity contribution < 1.29 is 47.0 Å². The number of carbonyl (C=O) groups excluding carboxylic acids is 5. The predicted octanol–water partition coefficient (Wildman–Crippen LogP) is 3.51. The number of esters is 3. The topological polar surface area (TPSA) is 143 Å². The quantitative estimate of drug-likeness (QED) is 0.208. The van der Waals surface area contributed by atoms with Gasteiger partial charge in [-0.1, -0.05) is 35.3 Å². The highest BCUT2D eigenvalue weighted by Gasteiger charge is 2.51. The minimum Gasteiger partial charge on any atom is -0.463 e. The Hall–Kier alpha value is -4.00. The number of hydrogen-bond donors (Lipinski definition) is 0. The fourth-order valence-electron chi connectivity index (χ4n) is 5.05. The van der Waals surface area contributed by atoms with Crippen molar-refractivity contribution in [2.75, 3.05) is 13.2 Å². The smallest absolute Gasteiger partial charge is 0.303 e. The molecule has 4 atom stereocenters. The molecule has 0 aliphatic carbocycles. The predicted molar refractivity (Wildman–Crippen MR) is 147 cm³/mol. The maximum atomic E-state index is 13.0. The molecule has 0 bridgehead atoms. The monoisotopic (exact) mass is 620 g/mol. The molecule has 0 spiro atoms. The van der Waals surface area contributed by atoms with Gasteiger partial charge in [0.05, 0.1) is 32.2 Å². The number of nitrogens with zero attached hydrogens (tertiary/aromatic N) is 3. The van der Waals surface area contributed by atoms with Crippen LogP contribution in [0.5, 0.6) is 0 Å². The van der Waals surface area contributed by atoms with E-state index >= 15 is 0 Å². The van der Waals surface area contributed by atoms with E-state index in [2.05, 4.69) is 4.98 Å². The fourth-order valence-corrected chi connectivity index (χ4v) is 5.37. The van der Waals surface area contributed by atoms with E-state index < -0.39 is 81.6 Å². The second kappa shape index (κ2) is 11.7. The highest BCUT2D eigenvalue weighted by molar-refractivity contribution is 6.42. The zero-order chi connectivity index (χ0) is 32.4. The number of benzene rings is 2.